The Balaban J connectivity index is 3.44. The van der Waals surface area contributed by atoms with Gasteiger partial charge in [-0.25, -0.2) is 0 Å². The van der Waals surface area contributed by atoms with Crippen molar-refractivity contribution < 1.29 is 4.74 Å². The van der Waals surface area contributed by atoms with Gasteiger partial charge >= 0.3 is 0 Å². The van der Waals surface area contributed by atoms with Crippen LogP contribution in [-0.2, 0) is 4.74 Å². The first-order valence-corrected chi connectivity index (χ1v) is 3.05. The van der Waals surface area contributed by atoms with Gasteiger partial charge in [0.1, 0.15) is 6.23 Å². The molecule has 2 N–H and O–H groups in total. The molecule has 0 rings (SSSR count). The minimum absolute atomic E-state index is 0.00931. The molecule has 0 saturated heterocycles. The molecule has 0 radical (unpaired) electrons. The van der Waals surface area contributed by atoms with Crippen LogP contribution in [0.15, 0.2) is 4.99 Å². The summed E-state index contributed by atoms with van der Waals surface area (Å²) < 4.78 is 5.04. The monoisotopic (exact) mass is 130 g/mol. The smallest absolute Gasteiger partial charge is 0.127 e. The fourth-order valence-electron chi connectivity index (χ4n) is 0.436. The topological polar surface area (TPSA) is 47.6 Å². The van der Waals surface area contributed by atoms with Gasteiger partial charge in [-0.2, -0.15) is 0 Å². The van der Waals surface area contributed by atoms with Crippen LogP contribution in [0.2, 0.25) is 0 Å². The molecule has 0 aliphatic rings. The number of nitrogens with zero attached hydrogens (tertiary/aromatic N) is 1. The third-order valence-corrected chi connectivity index (χ3v) is 1.12. The van der Waals surface area contributed by atoms with Crippen LogP contribution in [0.25, 0.3) is 0 Å². The fraction of sp³-hybridized carbons (Fsp3) is 0.833. The maximum Gasteiger partial charge on any atom is 0.127 e. The van der Waals surface area contributed by atoms with Crippen molar-refractivity contribution in [2.45, 2.75) is 26.1 Å². The molecule has 2 unspecified atom stereocenters. The first-order valence-electron chi connectivity index (χ1n) is 3.05. The van der Waals surface area contributed by atoms with E-state index in [0.29, 0.717) is 6.61 Å². The second-order valence-electron chi connectivity index (χ2n) is 1.84. The molecule has 0 aliphatic heterocycles. The average Bonchev–Trinajstić information content (AvgIpc) is 1.87. The van der Waals surface area contributed by atoms with E-state index in [9.17, 15) is 0 Å². The van der Waals surface area contributed by atoms with E-state index in [4.69, 9.17) is 10.5 Å². The second-order valence-corrected chi connectivity index (χ2v) is 1.84. The standard InChI is InChI=1S/C6H14N2O/c1-4-9-6(7)5(2)8-3/h5-6H,3-4,7H2,1-2H3. The van der Waals surface area contributed by atoms with Crippen LogP contribution in [0, 0.1) is 0 Å². The maximum absolute atomic E-state index is 5.48. The summed E-state index contributed by atoms with van der Waals surface area (Å²) in [4.78, 5) is 3.71. The summed E-state index contributed by atoms with van der Waals surface area (Å²) in [6.07, 6.45) is -0.299. The molecule has 2 atom stereocenters. The molecule has 0 aromatic carbocycles. The first kappa shape index (κ1) is 8.59. The molecule has 0 heterocycles. The molecule has 0 fully saturated rings. The first-order chi connectivity index (χ1) is 4.22. The zero-order chi connectivity index (χ0) is 7.28. The summed E-state index contributed by atoms with van der Waals surface area (Å²) >= 11 is 0. The van der Waals surface area contributed by atoms with Crippen molar-refractivity contribution in [3.8, 4) is 0 Å². The molecule has 3 heteroatoms. The molecule has 54 valence electrons. The maximum atomic E-state index is 5.48. The van der Waals surface area contributed by atoms with Crippen LogP contribution < -0.4 is 5.73 Å². The zero-order valence-electron chi connectivity index (χ0n) is 6.00. The minimum atomic E-state index is -0.299. The fourth-order valence-corrected chi connectivity index (χ4v) is 0.436. The molecular formula is C6H14N2O. The van der Waals surface area contributed by atoms with Crippen molar-refractivity contribution in [2.75, 3.05) is 6.61 Å². The Bertz CT molecular complexity index is 85.1. The summed E-state index contributed by atoms with van der Waals surface area (Å²) in [5.41, 5.74) is 5.48. The van der Waals surface area contributed by atoms with Crippen molar-refractivity contribution in [3.63, 3.8) is 0 Å². The zero-order valence-corrected chi connectivity index (χ0v) is 6.00. The Kier molecular flexibility index (Phi) is 4.26. The molecular weight excluding hydrogens is 116 g/mol. The molecule has 3 nitrogen and oxygen atoms in total. The van der Waals surface area contributed by atoms with Crippen molar-refractivity contribution in [1.29, 1.82) is 0 Å². The third kappa shape index (κ3) is 3.21. The average molecular weight is 130 g/mol. The molecule has 0 spiro atoms. The highest BCUT2D eigenvalue weighted by Crippen LogP contribution is 1.94. The number of ether oxygens (including phenoxy) is 1. The lowest BCUT2D eigenvalue weighted by Gasteiger charge is -2.14. The van der Waals surface area contributed by atoms with Crippen LogP contribution in [0.1, 0.15) is 13.8 Å². The highest BCUT2D eigenvalue weighted by molar-refractivity contribution is 5.24. The van der Waals surface area contributed by atoms with E-state index >= 15 is 0 Å². The van der Waals surface area contributed by atoms with Gasteiger partial charge in [-0.05, 0) is 20.6 Å². The normalized spacial score (nSPS) is 16.8. The largest absolute Gasteiger partial charge is 0.362 e. The van der Waals surface area contributed by atoms with Gasteiger partial charge in [-0.15, -0.1) is 0 Å². The molecule has 0 saturated carbocycles. The van der Waals surface area contributed by atoms with Crippen LogP contribution in [0.4, 0.5) is 0 Å². The van der Waals surface area contributed by atoms with E-state index in [2.05, 4.69) is 11.7 Å². The van der Waals surface area contributed by atoms with Gasteiger partial charge < -0.3 is 10.5 Å². The number of hydrogen-bond donors (Lipinski definition) is 1. The summed E-state index contributed by atoms with van der Waals surface area (Å²) in [7, 11) is 0. The van der Waals surface area contributed by atoms with Gasteiger partial charge in [-0.1, -0.05) is 0 Å². The Labute approximate surface area is 55.9 Å². The number of aliphatic imine (C=N–C) groups is 1. The van der Waals surface area contributed by atoms with Crippen LogP contribution in [0.5, 0.6) is 0 Å². The van der Waals surface area contributed by atoms with Gasteiger partial charge in [0.25, 0.3) is 0 Å². The second kappa shape index (κ2) is 4.47. The van der Waals surface area contributed by atoms with Gasteiger partial charge in [0.15, 0.2) is 0 Å². The van der Waals surface area contributed by atoms with E-state index in [-0.39, 0.29) is 12.3 Å². The number of rotatable bonds is 4. The van der Waals surface area contributed by atoms with Crippen molar-refractivity contribution in [1.82, 2.24) is 0 Å². The quantitative estimate of drug-likeness (QED) is 0.442. The van der Waals surface area contributed by atoms with Gasteiger partial charge in [0.05, 0.1) is 6.04 Å². The highest BCUT2D eigenvalue weighted by atomic mass is 16.5. The van der Waals surface area contributed by atoms with Gasteiger partial charge in [0, 0.05) is 6.61 Å². The molecule has 0 aliphatic carbocycles. The number of hydrogen-bond acceptors (Lipinski definition) is 3. The lowest BCUT2D eigenvalue weighted by Crippen LogP contribution is -2.33. The molecule has 0 aromatic heterocycles. The van der Waals surface area contributed by atoms with E-state index in [0.717, 1.165) is 0 Å². The van der Waals surface area contributed by atoms with Gasteiger partial charge in [-0.3, -0.25) is 4.99 Å². The predicted molar refractivity (Wildman–Crippen MR) is 38.6 cm³/mol. The van der Waals surface area contributed by atoms with Crippen molar-refractivity contribution in [2.24, 2.45) is 10.7 Å². The third-order valence-electron chi connectivity index (χ3n) is 1.12. The Hall–Kier alpha value is -0.410. The predicted octanol–water partition coefficient (Wildman–Crippen LogP) is 0.397. The molecule has 9 heavy (non-hydrogen) atoms. The Morgan fingerprint density at radius 3 is 2.67 bits per heavy atom. The lowest BCUT2D eigenvalue weighted by atomic mass is 10.3. The van der Waals surface area contributed by atoms with Crippen molar-refractivity contribution in [3.05, 3.63) is 0 Å². The van der Waals surface area contributed by atoms with Crippen LogP contribution in [0.3, 0.4) is 0 Å². The van der Waals surface area contributed by atoms with E-state index in [1.54, 1.807) is 0 Å². The van der Waals surface area contributed by atoms with E-state index in [1.165, 1.54) is 0 Å². The van der Waals surface area contributed by atoms with Crippen molar-refractivity contribution >= 4 is 6.72 Å². The SMILES string of the molecule is C=NC(C)C(N)OCC. The van der Waals surface area contributed by atoms with E-state index < -0.39 is 0 Å². The molecule has 0 bridgehead atoms. The summed E-state index contributed by atoms with van der Waals surface area (Å²) in [6, 6.07) is -0.00931. The lowest BCUT2D eigenvalue weighted by molar-refractivity contribution is 0.0539. The number of nitrogens with two attached hydrogens (primary N) is 1. The van der Waals surface area contributed by atoms with Gasteiger partial charge in [0.2, 0.25) is 0 Å². The molecule has 0 amide bonds. The van der Waals surface area contributed by atoms with Crippen LogP contribution in [-0.4, -0.2) is 25.6 Å². The van der Waals surface area contributed by atoms with Crippen LogP contribution >= 0.6 is 0 Å². The summed E-state index contributed by atoms with van der Waals surface area (Å²) in [5.74, 6) is 0. The summed E-state index contributed by atoms with van der Waals surface area (Å²) in [5, 5.41) is 0. The highest BCUT2D eigenvalue weighted by Gasteiger charge is 2.07. The molecule has 0 aromatic rings. The summed E-state index contributed by atoms with van der Waals surface area (Å²) in [6.45, 7) is 7.75. The Morgan fingerprint density at radius 1 is 1.78 bits per heavy atom. The minimum Gasteiger partial charge on any atom is -0.362 e. The van der Waals surface area contributed by atoms with E-state index in [1.807, 2.05) is 13.8 Å². The Morgan fingerprint density at radius 2 is 2.33 bits per heavy atom.